The number of nitro benzene ring substituents is 1. The number of aryl methyl sites for hydroxylation is 1. The smallest absolute Gasteiger partial charge is 0.269 e. The van der Waals surface area contributed by atoms with E-state index in [1.54, 1.807) is 19.1 Å². The number of rotatable bonds is 6. The maximum Gasteiger partial charge on any atom is 0.269 e. The lowest BCUT2D eigenvalue weighted by Gasteiger charge is -2.07. The second-order valence-electron chi connectivity index (χ2n) is 5.03. The van der Waals surface area contributed by atoms with E-state index in [1.807, 2.05) is 0 Å². The van der Waals surface area contributed by atoms with Gasteiger partial charge in [-0.15, -0.1) is 0 Å². The Morgan fingerprint density at radius 1 is 1.35 bits per heavy atom. The van der Waals surface area contributed by atoms with Crippen LogP contribution in [0.4, 0.5) is 5.69 Å². The Morgan fingerprint density at radius 2 is 2.04 bits per heavy atom. The van der Waals surface area contributed by atoms with E-state index in [4.69, 9.17) is 0 Å². The predicted molar refractivity (Wildman–Crippen MR) is 83.0 cm³/mol. The van der Waals surface area contributed by atoms with Gasteiger partial charge in [0.1, 0.15) is 0 Å². The third kappa shape index (κ3) is 4.47. The molecule has 2 rings (SSSR count). The first-order chi connectivity index (χ1) is 11.0. The fraction of sp³-hybridized carbons (Fsp3) is 0.267. The summed E-state index contributed by atoms with van der Waals surface area (Å²) in [6.45, 7) is 2.31. The minimum absolute atomic E-state index is 0.0134. The molecule has 0 aliphatic heterocycles. The highest BCUT2D eigenvalue weighted by molar-refractivity contribution is 5.78. The van der Waals surface area contributed by atoms with Crippen LogP contribution in [-0.4, -0.2) is 26.9 Å². The maximum atomic E-state index is 11.8. The Hall–Kier alpha value is -3.03. The summed E-state index contributed by atoms with van der Waals surface area (Å²) in [5.41, 5.74) is 1.08. The highest BCUT2D eigenvalue weighted by Gasteiger charge is 2.07. The molecule has 0 bridgehead atoms. The van der Waals surface area contributed by atoms with Crippen molar-refractivity contribution in [2.75, 3.05) is 6.54 Å². The fourth-order valence-electron chi connectivity index (χ4n) is 2.02. The van der Waals surface area contributed by atoms with E-state index >= 15 is 0 Å². The van der Waals surface area contributed by atoms with Gasteiger partial charge in [0.15, 0.2) is 0 Å². The molecule has 1 aromatic carbocycles. The van der Waals surface area contributed by atoms with E-state index in [9.17, 15) is 19.7 Å². The van der Waals surface area contributed by atoms with Gasteiger partial charge in [-0.05, 0) is 12.5 Å². The first kappa shape index (κ1) is 16.3. The summed E-state index contributed by atoms with van der Waals surface area (Å²) in [5.74, 6) is -0.215. The minimum atomic E-state index is -0.489. The van der Waals surface area contributed by atoms with Crippen LogP contribution in [0.5, 0.6) is 0 Å². The summed E-state index contributed by atoms with van der Waals surface area (Å²) in [6.07, 6.45) is 3.04. The molecule has 23 heavy (non-hydrogen) atoms. The molecule has 0 aliphatic rings. The molecule has 0 spiro atoms. The quantitative estimate of drug-likeness (QED) is 0.627. The van der Waals surface area contributed by atoms with Gasteiger partial charge in [-0.1, -0.05) is 12.1 Å². The number of hydrogen-bond donors (Lipinski definition) is 1. The van der Waals surface area contributed by atoms with E-state index in [-0.39, 0.29) is 23.6 Å². The lowest BCUT2D eigenvalue weighted by Crippen LogP contribution is -2.32. The highest BCUT2D eigenvalue weighted by atomic mass is 16.6. The topological polar surface area (TPSA) is 107 Å². The average Bonchev–Trinajstić information content (AvgIpc) is 2.52. The van der Waals surface area contributed by atoms with Crippen LogP contribution < -0.4 is 10.9 Å². The molecule has 8 heteroatoms. The molecular weight excluding hydrogens is 300 g/mol. The molecule has 120 valence electrons. The standard InChI is InChI=1S/C15H16N4O4/c1-11-9-16-10-18(15(11)21)7-6-17-14(20)8-12-2-4-13(5-3-12)19(22)23/h2-5,9-10H,6-8H2,1H3,(H,17,20). The second-order valence-corrected chi connectivity index (χ2v) is 5.03. The van der Waals surface area contributed by atoms with Crippen molar-refractivity contribution in [3.63, 3.8) is 0 Å². The third-order valence-electron chi connectivity index (χ3n) is 3.26. The number of carbonyl (C=O) groups is 1. The molecule has 2 aromatic rings. The normalized spacial score (nSPS) is 10.3. The van der Waals surface area contributed by atoms with Gasteiger partial charge in [-0.3, -0.25) is 24.3 Å². The third-order valence-corrected chi connectivity index (χ3v) is 3.26. The van der Waals surface area contributed by atoms with Gasteiger partial charge in [0.25, 0.3) is 11.2 Å². The van der Waals surface area contributed by atoms with E-state index < -0.39 is 4.92 Å². The van der Waals surface area contributed by atoms with Gasteiger partial charge in [-0.25, -0.2) is 4.98 Å². The summed E-state index contributed by atoms with van der Waals surface area (Å²) in [6, 6.07) is 5.82. The van der Waals surface area contributed by atoms with Crippen LogP contribution in [0.25, 0.3) is 0 Å². The van der Waals surface area contributed by atoms with Crippen molar-refractivity contribution in [2.24, 2.45) is 0 Å². The van der Waals surface area contributed by atoms with Gasteiger partial charge in [0.2, 0.25) is 5.91 Å². The molecule has 1 N–H and O–H groups in total. The van der Waals surface area contributed by atoms with Crippen LogP contribution in [0.1, 0.15) is 11.1 Å². The largest absolute Gasteiger partial charge is 0.354 e. The number of aromatic nitrogens is 2. The van der Waals surface area contributed by atoms with Crippen LogP contribution in [0.2, 0.25) is 0 Å². The molecule has 1 aromatic heterocycles. The Bertz CT molecular complexity index is 768. The highest BCUT2D eigenvalue weighted by Crippen LogP contribution is 2.12. The molecule has 0 saturated carbocycles. The number of nitrogens with one attached hydrogen (secondary N) is 1. The van der Waals surface area contributed by atoms with Crippen LogP contribution in [-0.2, 0) is 17.8 Å². The van der Waals surface area contributed by atoms with Crippen molar-refractivity contribution in [3.8, 4) is 0 Å². The van der Waals surface area contributed by atoms with E-state index in [0.717, 1.165) is 0 Å². The van der Waals surface area contributed by atoms with Crippen molar-refractivity contribution in [1.82, 2.24) is 14.9 Å². The van der Waals surface area contributed by atoms with Crippen LogP contribution in [0.3, 0.4) is 0 Å². The lowest BCUT2D eigenvalue weighted by molar-refractivity contribution is -0.384. The number of amides is 1. The first-order valence-electron chi connectivity index (χ1n) is 6.98. The van der Waals surface area contributed by atoms with Crippen LogP contribution in [0, 0.1) is 17.0 Å². The van der Waals surface area contributed by atoms with Gasteiger partial charge in [0.05, 0.1) is 17.7 Å². The summed E-state index contributed by atoms with van der Waals surface area (Å²) in [5, 5.41) is 13.3. The van der Waals surface area contributed by atoms with Crippen molar-refractivity contribution in [3.05, 3.63) is 68.4 Å². The zero-order valence-corrected chi connectivity index (χ0v) is 12.6. The number of carbonyl (C=O) groups excluding carboxylic acids is 1. The van der Waals surface area contributed by atoms with Crippen molar-refractivity contribution in [1.29, 1.82) is 0 Å². The molecule has 0 saturated heterocycles. The lowest BCUT2D eigenvalue weighted by atomic mass is 10.1. The Balaban J connectivity index is 1.84. The maximum absolute atomic E-state index is 11.8. The van der Waals surface area contributed by atoms with Gasteiger partial charge in [-0.2, -0.15) is 0 Å². The molecule has 8 nitrogen and oxygen atoms in total. The summed E-state index contributed by atoms with van der Waals surface area (Å²) in [7, 11) is 0. The summed E-state index contributed by atoms with van der Waals surface area (Å²) >= 11 is 0. The van der Waals surface area contributed by atoms with Crippen LogP contribution in [0.15, 0.2) is 41.6 Å². The molecule has 0 radical (unpaired) electrons. The van der Waals surface area contributed by atoms with Gasteiger partial charge in [0, 0.05) is 37.0 Å². The number of non-ortho nitro benzene ring substituents is 1. The minimum Gasteiger partial charge on any atom is -0.354 e. The zero-order chi connectivity index (χ0) is 16.8. The number of nitrogens with zero attached hydrogens (tertiary/aromatic N) is 3. The summed E-state index contributed by atoms with van der Waals surface area (Å²) in [4.78, 5) is 37.6. The molecule has 1 heterocycles. The van der Waals surface area contributed by atoms with Gasteiger partial charge >= 0.3 is 0 Å². The second kappa shape index (κ2) is 7.30. The van der Waals surface area contributed by atoms with Crippen LogP contribution >= 0.6 is 0 Å². The first-order valence-corrected chi connectivity index (χ1v) is 6.98. The van der Waals surface area contributed by atoms with E-state index in [0.29, 0.717) is 24.2 Å². The molecule has 1 amide bonds. The Labute approximate surface area is 131 Å². The number of hydrogen-bond acceptors (Lipinski definition) is 5. The van der Waals surface area contributed by atoms with E-state index in [2.05, 4.69) is 10.3 Å². The zero-order valence-electron chi connectivity index (χ0n) is 12.6. The van der Waals surface area contributed by atoms with Crippen molar-refractivity contribution < 1.29 is 9.72 Å². The SMILES string of the molecule is Cc1cncn(CCNC(=O)Cc2ccc([N+](=O)[O-])cc2)c1=O. The Kier molecular flexibility index (Phi) is 5.19. The molecule has 0 fully saturated rings. The molecule has 0 atom stereocenters. The van der Waals surface area contributed by atoms with Gasteiger partial charge < -0.3 is 5.32 Å². The fourth-order valence-corrected chi connectivity index (χ4v) is 2.02. The molecular formula is C15H16N4O4. The number of benzene rings is 1. The average molecular weight is 316 g/mol. The summed E-state index contributed by atoms with van der Waals surface area (Å²) < 4.78 is 1.43. The molecule has 0 aliphatic carbocycles. The van der Waals surface area contributed by atoms with Crippen molar-refractivity contribution in [2.45, 2.75) is 19.9 Å². The van der Waals surface area contributed by atoms with E-state index in [1.165, 1.54) is 29.2 Å². The number of nitro groups is 1. The monoisotopic (exact) mass is 316 g/mol. The van der Waals surface area contributed by atoms with Crippen molar-refractivity contribution >= 4 is 11.6 Å². The predicted octanol–water partition coefficient (Wildman–Crippen LogP) is 0.819. The Morgan fingerprint density at radius 3 is 2.70 bits per heavy atom. The molecule has 0 unspecified atom stereocenters.